The van der Waals surface area contributed by atoms with Crippen molar-refractivity contribution in [3.63, 3.8) is 0 Å². The predicted molar refractivity (Wildman–Crippen MR) is 69.9 cm³/mol. The van der Waals surface area contributed by atoms with Gasteiger partial charge in [-0.25, -0.2) is 0 Å². The van der Waals surface area contributed by atoms with Gasteiger partial charge in [0.25, 0.3) is 0 Å². The Kier molecular flexibility index (Phi) is 3.93. The van der Waals surface area contributed by atoms with Crippen LogP contribution < -0.4 is 0 Å². The lowest BCUT2D eigenvalue weighted by Gasteiger charge is -2.27. The SMILES string of the molecule is COCc1ccc(Cl)cc1C1(C(=O)O)CCCC1. The van der Waals surface area contributed by atoms with Crippen LogP contribution in [0.5, 0.6) is 0 Å². The number of halogens is 1. The number of methoxy groups -OCH3 is 1. The highest BCUT2D eigenvalue weighted by Gasteiger charge is 2.44. The highest BCUT2D eigenvalue weighted by atomic mass is 35.5. The van der Waals surface area contributed by atoms with Gasteiger partial charge in [0, 0.05) is 12.1 Å². The van der Waals surface area contributed by atoms with Crippen LogP contribution >= 0.6 is 11.6 Å². The summed E-state index contributed by atoms with van der Waals surface area (Å²) in [4.78, 5) is 11.7. The molecule has 0 atom stereocenters. The van der Waals surface area contributed by atoms with Crippen LogP contribution in [0.4, 0.5) is 0 Å². The summed E-state index contributed by atoms with van der Waals surface area (Å²) in [7, 11) is 1.61. The molecule has 18 heavy (non-hydrogen) atoms. The maximum absolute atomic E-state index is 11.7. The Morgan fingerprint density at radius 1 is 1.44 bits per heavy atom. The number of carboxylic acid groups (broad SMARTS) is 1. The molecular weight excluding hydrogens is 252 g/mol. The van der Waals surface area contributed by atoms with E-state index in [0.717, 1.165) is 24.0 Å². The van der Waals surface area contributed by atoms with E-state index >= 15 is 0 Å². The average Bonchev–Trinajstić information content (AvgIpc) is 2.82. The van der Waals surface area contributed by atoms with Crippen LogP contribution in [0.25, 0.3) is 0 Å². The van der Waals surface area contributed by atoms with Gasteiger partial charge < -0.3 is 9.84 Å². The van der Waals surface area contributed by atoms with Gasteiger partial charge in [0.1, 0.15) is 0 Å². The number of benzene rings is 1. The van der Waals surface area contributed by atoms with E-state index in [9.17, 15) is 9.90 Å². The van der Waals surface area contributed by atoms with Gasteiger partial charge in [-0.15, -0.1) is 0 Å². The average molecular weight is 269 g/mol. The minimum Gasteiger partial charge on any atom is -0.481 e. The number of carboxylic acids is 1. The summed E-state index contributed by atoms with van der Waals surface area (Å²) in [5.41, 5.74) is 0.965. The van der Waals surface area contributed by atoms with Crippen molar-refractivity contribution in [2.75, 3.05) is 7.11 Å². The molecule has 0 aromatic heterocycles. The molecule has 0 heterocycles. The maximum atomic E-state index is 11.7. The zero-order valence-electron chi connectivity index (χ0n) is 10.4. The Balaban J connectivity index is 2.52. The van der Waals surface area contributed by atoms with Gasteiger partial charge in [-0.2, -0.15) is 0 Å². The van der Waals surface area contributed by atoms with E-state index in [1.165, 1.54) is 0 Å². The first-order chi connectivity index (χ1) is 8.60. The molecule has 1 aromatic rings. The van der Waals surface area contributed by atoms with E-state index < -0.39 is 11.4 Å². The fourth-order valence-electron chi connectivity index (χ4n) is 2.85. The van der Waals surface area contributed by atoms with Crippen molar-refractivity contribution in [1.82, 2.24) is 0 Å². The molecule has 0 aliphatic heterocycles. The molecule has 0 radical (unpaired) electrons. The van der Waals surface area contributed by atoms with Crippen LogP contribution in [0, 0.1) is 0 Å². The molecule has 0 saturated heterocycles. The van der Waals surface area contributed by atoms with Crippen LogP contribution in [0.3, 0.4) is 0 Å². The third kappa shape index (κ3) is 2.25. The van der Waals surface area contributed by atoms with Crippen molar-refractivity contribution in [1.29, 1.82) is 0 Å². The standard InChI is InChI=1S/C14H17ClO3/c1-18-9-10-4-5-11(15)8-12(10)14(13(16)17)6-2-3-7-14/h4-5,8H,2-3,6-7,9H2,1H3,(H,16,17). The second-order valence-corrected chi connectivity index (χ2v) is 5.27. The summed E-state index contributed by atoms with van der Waals surface area (Å²) >= 11 is 6.03. The molecule has 1 fully saturated rings. The Labute approximate surface area is 112 Å². The molecule has 1 aromatic carbocycles. The lowest BCUT2D eigenvalue weighted by atomic mass is 9.77. The van der Waals surface area contributed by atoms with Gasteiger partial charge in [0.15, 0.2) is 0 Å². The lowest BCUT2D eigenvalue weighted by Crippen LogP contribution is -2.33. The maximum Gasteiger partial charge on any atom is 0.314 e. The number of ether oxygens (including phenoxy) is 1. The summed E-state index contributed by atoms with van der Waals surface area (Å²) < 4.78 is 5.16. The van der Waals surface area contributed by atoms with Crippen molar-refractivity contribution >= 4 is 17.6 Å². The molecular formula is C14H17ClO3. The van der Waals surface area contributed by atoms with Crippen molar-refractivity contribution in [3.8, 4) is 0 Å². The van der Waals surface area contributed by atoms with Gasteiger partial charge in [0.05, 0.1) is 12.0 Å². The molecule has 4 heteroatoms. The minimum atomic E-state index is -0.779. The molecule has 2 rings (SSSR count). The Morgan fingerprint density at radius 3 is 2.67 bits per heavy atom. The Bertz CT molecular complexity index is 450. The highest BCUT2D eigenvalue weighted by Crippen LogP contribution is 2.43. The molecule has 3 nitrogen and oxygen atoms in total. The number of rotatable bonds is 4. The summed E-state index contributed by atoms with van der Waals surface area (Å²) in [6.45, 7) is 0.418. The fraction of sp³-hybridized carbons (Fsp3) is 0.500. The van der Waals surface area contributed by atoms with Crippen molar-refractivity contribution in [2.24, 2.45) is 0 Å². The minimum absolute atomic E-state index is 0.418. The van der Waals surface area contributed by atoms with Crippen LogP contribution in [0.15, 0.2) is 18.2 Å². The first-order valence-corrected chi connectivity index (χ1v) is 6.49. The van der Waals surface area contributed by atoms with Crippen LogP contribution in [-0.2, 0) is 21.6 Å². The van der Waals surface area contributed by atoms with Crippen molar-refractivity contribution in [2.45, 2.75) is 37.7 Å². The molecule has 1 N–H and O–H groups in total. The van der Waals surface area contributed by atoms with Crippen LogP contribution in [-0.4, -0.2) is 18.2 Å². The summed E-state index contributed by atoms with van der Waals surface area (Å²) in [5.74, 6) is -0.750. The zero-order valence-corrected chi connectivity index (χ0v) is 11.2. The van der Waals surface area contributed by atoms with E-state index in [-0.39, 0.29) is 0 Å². The van der Waals surface area contributed by atoms with Gasteiger partial charge in [-0.1, -0.05) is 30.5 Å². The molecule has 1 aliphatic rings. The smallest absolute Gasteiger partial charge is 0.314 e. The predicted octanol–water partition coefficient (Wildman–Crippen LogP) is 3.38. The fourth-order valence-corrected chi connectivity index (χ4v) is 3.02. The van der Waals surface area contributed by atoms with Crippen LogP contribution in [0.2, 0.25) is 5.02 Å². The second-order valence-electron chi connectivity index (χ2n) is 4.83. The largest absolute Gasteiger partial charge is 0.481 e. The van der Waals surface area contributed by atoms with Gasteiger partial charge in [0.2, 0.25) is 0 Å². The lowest BCUT2D eigenvalue weighted by molar-refractivity contribution is -0.143. The Hall–Kier alpha value is -1.06. The van der Waals surface area contributed by atoms with E-state index in [2.05, 4.69) is 0 Å². The monoisotopic (exact) mass is 268 g/mol. The third-order valence-corrected chi connectivity index (χ3v) is 3.99. The molecule has 98 valence electrons. The number of aliphatic carboxylic acids is 1. The van der Waals surface area contributed by atoms with Crippen molar-refractivity contribution < 1.29 is 14.6 Å². The highest BCUT2D eigenvalue weighted by molar-refractivity contribution is 6.30. The molecule has 1 saturated carbocycles. The van der Waals surface area contributed by atoms with E-state index in [0.29, 0.717) is 24.5 Å². The van der Waals surface area contributed by atoms with E-state index in [4.69, 9.17) is 16.3 Å². The first kappa shape index (κ1) is 13.4. The Morgan fingerprint density at radius 2 is 2.11 bits per heavy atom. The number of hydrogen-bond acceptors (Lipinski definition) is 2. The van der Waals surface area contributed by atoms with Gasteiger partial charge >= 0.3 is 5.97 Å². The molecule has 0 bridgehead atoms. The summed E-state index contributed by atoms with van der Waals surface area (Å²) in [5, 5.41) is 10.2. The van der Waals surface area contributed by atoms with E-state index in [1.54, 1.807) is 19.2 Å². The second kappa shape index (κ2) is 5.29. The molecule has 0 spiro atoms. The molecule has 0 unspecified atom stereocenters. The number of carbonyl (C=O) groups is 1. The molecule has 1 aliphatic carbocycles. The normalized spacial score (nSPS) is 17.9. The summed E-state index contributed by atoms with van der Waals surface area (Å²) in [6, 6.07) is 5.43. The third-order valence-electron chi connectivity index (χ3n) is 3.75. The van der Waals surface area contributed by atoms with E-state index in [1.807, 2.05) is 6.07 Å². The van der Waals surface area contributed by atoms with Crippen LogP contribution in [0.1, 0.15) is 36.8 Å². The zero-order chi connectivity index (χ0) is 13.2. The topological polar surface area (TPSA) is 46.5 Å². The van der Waals surface area contributed by atoms with Gasteiger partial charge in [-0.05, 0) is 36.1 Å². The number of hydrogen-bond donors (Lipinski definition) is 1. The quantitative estimate of drug-likeness (QED) is 0.911. The van der Waals surface area contributed by atoms with Crippen molar-refractivity contribution in [3.05, 3.63) is 34.3 Å². The first-order valence-electron chi connectivity index (χ1n) is 6.11. The molecule has 0 amide bonds. The summed E-state index contributed by atoms with van der Waals surface area (Å²) in [6.07, 6.45) is 3.26. The van der Waals surface area contributed by atoms with Gasteiger partial charge in [-0.3, -0.25) is 4.79 Å².